The second kappa shape index (κ2) is 13.1. The van der Waals surface area contributed by atoms with Crippen molar-refractivity contribution in [2.45, 2.75) is 84.7 Å². The van der Waals surface area contributed by atoms with Crippen molar-refractivity contribution in [3.63, 3.8) is 0 Å². The minimum atomic E-state index is -0.320. The predicted octanol–water partition coefficient (Wildman–Crippen LogP) is 4.19. The van der Waals surface area contributed by atoms with Gasteiger partial charge in [-0.05, 0) is 51.7 Å². The summed E-state index contributed by atoms with van der Waals surface area (Å²) in [6.45, 7) is 7.96. The standard InChI is InChI=1S/C21H39NO4/c1-5-18(6-2)10-8-7-9-11-20(16-25-17(3)23)26-21(24)19-12-14-22(4)15-13-19/h18-20H,5-16H2,1-4H3. The van der Waals surface area contributed by atoms with Crippen LogP contribution in [0.5, 0.6) is 0 Å². The Morgan fingerprint density at radius 3 is 2.23 bits per heavy atom. The molecular formula is C21H39NO4. The Labute approximate surface area is 159 Å². The number of rotatable bonds is 12. The molecule has 0 saturated carbocycles. The van der Waals surface area contributed by atoms with Crippen LogP contribution in [0.3, 0.4) is 0 Å². The molecule has 0 radical (unpaired) electrons. The van der Waals surface area contributed by atoms with Gasteiger partial charge in [-0.2, -0.15) is 0 Å². The number of unbranched alkanes of at least 4 members (excludes halogenated alkanes) is 2. The maximum atomic E-state index is 12.4. The number of nitrogens with zero attached hydrogens (tertiary/aromatic N) is 1. The van der Waals surface area contributed by atoms with Crippen LogP contribution in [0.2, 0.25) is 0 Å². The summed E-state index contributed by atoms with van der Waals surface area (Å²) in [4.78, 5) is 25.8. The molecule has 5 nitrogen and oxygen atoms in total. The first kappa shape index (κ1) is 22.9. The minimum Gasteiger partial charge on any atom is -0.462 e. The molecule has 0 aromatic heterocycles. The highest BCUT2D eigenvalue weighted by molar-refractivity contribution is 5.72. The molecular weight excluding hydrogens is 330 g/mol. The number of likely N-dealkylation sites (tertiary alicyclic amines) is 1. The molecule has 1 saturated heterocycles. The fourth-order valence-corrected chi connectivity index (χ4v) is 3.57. The Morgan fingerprint density at radius 1 is 1.04 bits per heavy atom. The lowest BCUT2D eigenvalue weighted by Crippen LogP contribution is -2.36. The van der Waals surface area contributed by atoms with E-state index in [0.29, 0.717) is 0 Å². The van der Waals surface area contributed by atoms with Gasteiger partial charge < -0.3 is 14.4 Å². The quantitative estimate of drug-likeness (QED) is 0.381. The van der Waals surface area contributed by atoms with Crippen LogP contribution < -0.4 is 0 Å². The van der Waals surface area contributed by atoms with Crippen molar-refractivity contribution >= 4 is 11.9 Å². The maximum absolute atomic E-state index is 12.4. The Balaban J connectivity index is 2.35. The van der Waals surface area contributed by atoms with Crippen molar-refractivity contribution in [3.8, 4) is 0 Å². The van der Waals surface area contributed by atoms with Crippen molar-refractivity contribution < 1.29 is 19.1 Å². The maximum Gasteiger partial charge on any atom is 0.309 e. The Hall–Kier alpha value is -1.10. The summed E-state index contributed by atoms with van der Waals surface area (Å²) < 4.78 is 10.8. The van der Waals surface area contributed by atoms with E-state index in [1.54, 1.807) is 0 Å². The van der Waals surface area contributed by atoms with E-state index in [1.807, 2.05) is 0 Å². The highest BCUT2D eigenvalue weighted by Gasteiger charge is 2.27. The molecule has 1 unspecified atom stereocenters. The zero-order chi connectivity index (χ0) is 19.4. The first-order chi connectivity index (χ1) is 12.5. The summed E-state index contributed by atoms with van der Waals surface area (Å²) in [5.41, 5.74) is 0. The molecule has 1 atom stereocenters. The van der Waals surface area contributed by atoms with Gasteiger partial charge in [0.05, 0.1) is 5.92 Å². The van der Waals surface area contributed by atoms with Crippen molar-refractivity contribution in [2.75, 3.05) is 26.7 Å². The zero-order valence-corrected chi connectivity index (χ0v) is 17.3. The molecule has 1 aliphatic heterocycles. The fraction of sp³-hybridized carbons (Fsp3) is 0.905. The van der Waals surface area contributed by atoms with Gasteiger partial charge in [0, 0.05) is 6.92 Å². The first-order valence-corrected chi connectivity index (χ1v) is 10.5. The number of carbonyl (C=O) groups is 2. The van der Waals surface area contributed by atoms with E-state index in [4.69, 9.17) is 9.47 Å². The van der Waals surface area contributed by atoms with Crippen LogP contribution in [-0.4, -0.2) is 49.7 Å². The van der Waals surface area contributed by atoms with Crippen molar-refractivity contribution in [3.05, 3.63) is 0 Å². The number of ether oxygens (including phenoxy) is 2. The lowest BCUT2D eigenvalue weighted by molar-refractivity contribution is -0.163. The average Bonchev–Trinajstić information content (AvgIpc) is 2.62. The van der Waals surface area contributed by atoms with Crippen molar-refractivity contribution in [1.82, 2.24) is 4.90 Å². The molecule has 0 N–H and O–H groups in total. The van der Waals surface area contributed by atoms with Crippen LogP contribution in [0.25, 0.3) is 0 Å². The van der Waals surface area contributed by atoms with Crippen LogP contribution in [0.15, 0.2) is 0 Å². The molecule has 0 amide bonds. The highest BCUT2D eigenvalue weighted by atomic mass is 16.6. The number of carbonyl (C=O) groups excluding carboxylic acids is 2. The SMILES string of the molecule is CCC(CC)CCCCCC(COC(C)=O)OC(=O)C1CCN(C)CC1. The average molecular weight is 370 g/mol. The zero-order valence-electron chi connectivity index (χ0n) is 17.3. The highest BCUT2D eigenvalue weighted by Crippen LogP contribution is 2.21. The molecule has 1 fully saturated rings. The van der Waals surface area contributed by atoms with E-state index >= 15 is 0 Å². The third-order valence-corrected chi connectivity index (χ3v) is 5.60. The van der Waals surface area contributed by atoms with E-state index in [0.717, 1.165) is 51.1 Å². The topological polar surface area (TPSA) is 55.8 Å². The minimum absolute atomic E-state index is 0.0131. The Bertz CT molecular complexity index is 401. The lowest BCUT2D eigenvalue weighted by Gasteiger charge is -2.29. The van der Waals surface area contributed by atoms with Crippen LogP contribution in [0, 0.1) is 11.8 Å². The van der Waals surface area contributed by atoms with Gasteiger partial charge in [0.1, 0.15) is 12.7 Å². The molecule has 1 rings (SSSR count). The smallest absolute Gasteiger partial charge is 0.309 e. The molecule has 0 aromatic carbocycles. The van der Waals surface area contributed by atoms with Crippen LogP contribution in [-0.2, 0) is 19.1 Å². The summed E-state index contributed by atoms with van der Waals surface area (Å²) in [5, 5.41) is 0. The Morgan fingerprint density at radius 2 is 1.65 bits per heavy atom. The van der Waals surface area contributed by atoms with Gasteiger partial charge in [0.15, 0.2) is 0 Å². The van der Waals surface area contributed by atoms with Crippen LogP contribution >= 0.6 is 0 Å². The summed E-state index contributed by atoms with van der Waals surface area (Å²) in [5.74, 6) is 0.376. The molecule has 1 heterocycles. The molecule has 0 spiro atoms. The van der Waals surface area contributed by atoms with Crippen LogP contribution in [0.4, 0.5) is 0 Å². The lowest BCUT2D eigenvalue weighted by atomic mass is 9.95. The van der Waals surface area contributed by atoms with Gasteiger partial charge in [0.2, 0.25) is 0 Å². The first-order valence-electron chi connectivity index (χ1n) is 10.5. The van der Waals surface area contributed by atoms with Crippen LogP contribution in [0.1, 0.15) is 78.6 Å². The van der Waals surface area contributed by atoms with E-state index in [-0.39, 0.29) is 30.6 Å². The number of hydrogen-bond acceptors (Lipinski definition) is 5. The van der Waals surface area contributed by atoms with E-state index in [2.05, 4.69) is 25.8 Å². The van der Waals surface area contributed by atoms with Gasteiger partial charge >= 0.3 is 11.9 Å². The number of esters is 2. The van der Waals surface area contributed by atoms with Gasteiger partial charge in [-0.1, -0.05) is 46.0 Å². The van der Waals surface area contributed by atoms with Crippen molar-refractivity contribution in [2.24, 2.45) is 11.8 Å². The van der Waals surface area contributed by atoms with E-state index < -0.39 is 0 Å². The summed E-state index contributed by atoms with van der Waals surface area (Å²) in [6.07, 6.45) is 9.31. The van der Waals surface area contributed by atoms with Gasteiger partial charge in [0.25, 0.3) is 0 Å². The largest absolute Gasteiger partial charge is 0.462 e. The second-order valence-electron chi connectivity index (χ2n) is 7.76. The summed E-state index contributed by atoms with van der Waals surface area (Å²) in [7, 11) is 2.08. The normalized spacial score (nSPS) is 17.3. The molecule has 152 valence electrons. The van der Waals surface area contributed by atoms with Crippen molar-refractivity contribution in [1.29, 1.82) is 0 Å². The summed E-state index contributed by atoms with van der Waals surface area (Å²) >= 11 is 0. The summed E-state index contributed by atoms with van der Waals surface area (Å²) in [6, 6.07) is 0. The molecule has 0 bridgehead atoms. The Kier molecular flexibility index (Phi) is 11.6. The molecule has 26 heavy (non-hydrogen) atoms. The second-order valence-corrected chi connectivity index (χ2v) is 7.76. The molecule has 0 aliphatic carbocycles. The van der Waals surface area contributed by atoms with Gasteiger partial charge in [-0.15, -0.1) is 0 Å². The molecule has 0 aromatic rings. The number of piperidine rings is 1. The molecule has 1 aliphatic rings. The number of hydrogen-bond donors (Lipinski definition) is 0. The monoisotopic (exact) mass is 369 g/mol. The van der Waals surface area contributed by atoms with E-state index in [1.165, 1.54) is 32.6 Å². The van der Waals surface area contributed by atoms with E-state index in [9.17, 15) is 9.59 Å². The molecule has 5 heteroatoms. The third-order valence-electron chi connectivity index (χ3n) is 5.60. The third kappa shape index (κ3) is 9.56. The fourth-order valence-electron chi connectivity index (χ4n) is 3.57. The predicted molar refractivity (Wildman–Crippen MR) is 104 cm³/mol. The van der Waals surface area contributed by atoms with Gasteiger partial charge in [-0.3, -0.25) is 9.59 Å². The van der Waals surface area contributed by atoms with Gasteiger partial charge in [-0.25, -0.2) is 0 Å².